The molecule has 2 heterocycles. The van der Waals surface area contributed by atoms with Gasteiger partial charge in [0.2, 0.25) is 0 Å². The number of nitrogens with one attached hydrogen (secondary N) is 1. The Bertz CT molecular complexity index is 641. The standard InChI is InChI=1S/C13H14N4O3/c18-17(19)13-10-2-1-5-14-11(10)3-4-12(13)15-16-6-8-20-9-7-16/h1-5,15H,6-9H2. The molecule has 1 fully saturated rings. The van der Waals surface area contributed by atoms with Crippen LogP contribution in [0.2, 0.25) is 0 Å². The van der Waals surface area contributed by atoms with Gasteiger partial charge in [0.15, 0.2) is 0 Å². The Morgan fingerprint density at radius 3 is 2.85 bits per heavy atom. The molecule has 0 aliphatic carbocycles. The molecule has 1 aliphatic heterocycles. The van der Waals surface area contributed by atoms with Gasteiger partial charge in [0.25, 0.3) is 0 Å². The van der Waals surface area contributed by atoms with Gasteiger partial charge in [-0.15, -0.1) is 0 Å². The van der Waals surface area contributed by atoms with Crippen LogP contribution in [-0.2, 0) is 4.74 Å². The van der Waals surface area contributed by atoms with Crippen LogP contribution in [0.4, 0.5) is 11.4 Å². The highest BCUT2D eigenvalue weighted by Gasteiger charge is 2.21. The van der Waals surface area contributed by atoms with Gasteiger partial charge in [-0.25, -0.2) is 5.01 Å². The molecular weight excluding hydrogens is 260 g/mol. The molecule has 0 radical (unpaired) electrons. The summed E-state index contributed by atoms with van der Waals surface area (Å²) in [6.07, 6.45) is 1.63. The van der Waals surface area contributed by atoms with Crippen LogP contribution in [0.1, 0.15) is 0 Å². The number of aromatic nitrogens is 1. The number of pyridine rings is 1. The summed E-state index contributed by atoms with van der Waals surface area (Å²) in [6.45, 7) is 2.64. The fourth-order valence-electron chi connectivity index (χ4n) is 2.27. The fraction of sp³-hybridized carbons (Fsp3) is 0.308. The number of nitro benzene ring substituents is 1. The van der Waals surface area contributed by atoms with E-state index in [1.54, 1.807) is 30.5 Å². The number of hydrogen-bond donors (Lipinski definition) is 1. The minimum Gasteiger partial charge on any atom is -0.379 e. The molecule has 1 aromatic heterocycles. The maximum Gasteiger partial charge on any atom is 0.302 e. The van der Waals surface area contributed by atoms with Crippen molar-refractivity contribution in [3.8, 4) is 0 Å². The van der Waals surface area contributed by atoms with Crippen LogP contribution >= 0.6 is 0 Å². The maximum atomic E-state index is 11.4. The van der Waals surface area contributed by atoms with Gasteiger partial charge >= 0.3 is 5.69 Å². The molecule has 1 aliphatic rings. The lowest BCUT2D eigenvalue weighted by Gasteiger charge is -2.27. The van der Waals surface area contributed by atoms with E-state index in [9.17, 15) is 10.1 Å². The molecule has 1 saturated heterocycles. The van der Waals surface area contributed by atoms with Gasteiger partial charge in [-0.3, -0.25) is 15.1 Å². The normalized spacial score (nSPS) is 16.2. The van der Waals surface area contributed by atoms with Crippen LogP contribution in [0.25, 0.3) is 10.9 Å². The molecule has 0 amide bonds. The van der Waals surface area contributed by atoms with Crippen LogP contribution in [0.5, 0.6) is 0 Å². The van der Waals surface area contributed by atoms with Gasteiger partial charge in [-0.1, -0.05) is 0 Å². The van der Waals surface area contributed by atoms with Crippen LogP contribution < -0.4 is 5.43 Å². The Hall–Kier alpha value is -2.25. The summed E-state index contributed by atoms with van der Waals surface area (Å²) in [6, 6.07) is 6.90. The van der Waals surface area contributed by atoms with E-state index in [1.807, 2.05) is 5.01 Å². The lowest BCUT2D eigenvalue weighted by Crippen LogP contribution is -2.40. The number of nitrogens with zero attached hydrogens (tertiary/aromatic N) is 3. The van der Waals surface area contributed by atoms with Gasteiger partial charge < -0.3 is 10.2 Å². The summed E-state index contributed by atoms with van der Waals surface area (Å²) in [5.41, 5.74) is 4.27. The van der Waals surface area contributed by atoms with Crippen molar-refractivity contribution in [1.29, 1.82) is 0 Å². The second kappa shape index (κ2) is 5.40. The Morgan fingerprint density at radius 1 is 1.30 bits per heavy atom. The average Bonchev–Trinajstić information content (AvgIpc) is 2.47. The Kier molecular flexibility index (Phi) is 3.44. The molecule has 0 saturated carbocycles. The number of benzene rings is 1. The smallest absolute Gasteiger partial charge is 0.302 e. The molecule has 7 nitrogen and oxygen atoms in total. The zero-order valence-corrected chi connectivity index (χ0v) is 10.8. The SMILES string of the molecule is O=[N+]([O-])c1c(NN2CCOCC2)ccc2ncccc12. The first-order chi connectivity index (χ1) is 9.75. The number of nitro groups is 1. The second-order valence-corrected chi connectivity index (χ2v) is 4.50. The Labute approximate surface area is 115 Å². The number of hydrogen-bond acceptors (Lipinski definition) is 6. The van der Waals surface area contributed by atoms with Gasteiger partial charge in [-0.2, -0.15) is 0 Å². The zero-order valence-electron chi connectivity index (χ0n) is 10.8. The van der Waals surface area contributed by atoms with E-state index < -0.39 is 0 Å². The van der Waals surface area contributed by atoms with E-state index >= 15 is 0 Å². The monoisotopic (exact) mass is 274 g/mol. The van der Waals surface area contributed by atoms with Crippen molar-refractivity contribution in [2.75, 3.05) is 31.7 Å². The first-order valence-corrected chi connectivity index (χ1v) is 6.37. The Morgan fingerprint density at radius 2 is 2.10 bits per heavy atom. The fourth-order valence-corrected chi connectivity index (χ4v) is 2.27. The summed E-state index contributed by atoms with van der Waals surface area (Å²) >= 11 is 0. The van der Waals surface area contributed by atoms with Crippen molar-refractivity contribution < 1.29 is 9.66 Å². The minimum atomic E-state index is -0.368. The van der Waals surface area contributed by atoms with Crippen LogP contribution in [-0.4, -0.2) is 41.2 Å². The molecular formula is C13H14N4O3. The molecule has 0 unspecified atom stereocenters. The molecule has 7 heteroatoms. The molecule has 1 aromatic carbocycles. The summed E-state index contributed by atoms with van der Waals surface area (Å²) in [4.78, 5) is 15.2. The summed E-state index contributed by atoms with van der Waals surface area (Å²) in [5.74, 6) is 0. The lowest BCUT2D eigenvalue weighted by atomic mass is 10.1. The molecule has 0 bridgehead atoms. The lowest BCUT2D eigenvalue weighted by molar-refractivity contribution is -0.382. The van der Waals surface area contributed by atoms with Gasteiger partial charge in [0.05, 0.1) is 29.0 Å². The van der Waals surface area contributed by atoms with Crippen molar-refractivity contribution >= 4 is 22.3 Å². The first kappa shape index (κ1) is 12.8. The number of anilines is 1. The highest BCUT2D eigenvalue weighted by molar-refractivity contribution is 5.94. The van der Waals surface area contributed by atoms with Crippen molar-refractivity contribution in [3.63, 3.8) is 0 Å². The number of ether oxygens (including phenoxy) is 1. The number of rotatable bonds is 3. The quantitative estimate of drug-likeness (QED) is 0.679. The van der Waals surface area contributed by atoms with E-state index in [-0.39, 0.29) is 10.6 Å². The summed E-state index contributed by atoms with van der Waals surface area (Å²) in [5, 5.41) is 13.8. The predicted molar refractivity (Wildman–Crippen MR) is 74.4 cm³/mol. The van der Waals surface area contributed by atoms with Crippen molar-refractivity contribution in [1.82, 2.24) is 9.99 Å². The summed E-state index contributed by atoms with van der Waals surface area (Å²) < 4.78 is 5.26. The molecule has 0 atom stereocenters. The van der Waals surface area contributed by atoms with E-state index in [4.69, 9.17) is 4.74 Å². The third kappa shape index (κ3) is 2.40. The van der Waals surface area contributed by atoms with Crippen LogP contribution in [0, 0.1) is 10.1 Å². The van der Waals surface area contributed by atoms with Crippen LogP contribution in [0.3, 0.4) is 0 Å². The molecule has 20 heavy (non-hydrogen) atoms. The highest BCUT2D eigenvalue weighted by Crippen LogP contribution is 2.32. The van der Waals surface area contributed by atoms with E-state index in [1.165, 1.54) is 0 Å². The van der Waals surface area contributed by atoms with Gasteiger partial charge in [0.1, 0.15) is 5.69 Å². The van der Waals surface area contributed by atoms with Gasteiger partial charge in [-0.05, 0) is 24.3 Å². The van der Waals surface area contributed by atoms with E-state index in [0.29, 0.717) is 42.9 Å². The minimum absolute atomic E-state index is 0.0575. The molecule has 0 spiro atoms. The average molecular weight is 274 g/mol. The first-order valence-electron chi connectivity index (χ1n) is 6.37. The van der Waals surface area contributed by atoms with Gasteiger partial charge in [0, 0.05) is 19.3 Å². The topological polar surface area (TPSA) is 80.5 Å². The summed E-state index contributed by atoms with van der Waals surface area (Å²) in [7, 11) is 0. The third-order valence-electron chi connectivity index (χ3n) is 3.23. The highest BCUT2D eigenvalue weighted by atomic mass is 16.6. The molecule has 1 N–H and O–H groups in total. The zero-order chi connectivity index (χ0) is 13.9. The van der Waals surface area contributed by atoms with Crippen molar-refractivity contribution in [2.45, 2.75) is 0 Å². The number of hydrazine groups is 1. The second-order valence-electron chi connectivity index (χ2n) is 4.50. The Balaban J connectivity index is 2.01. The maximum absolute atomic E-state index is 11.4. The number of fused-ring (bicyclic) bond motifs is 1. The number of morpholine rings is 1. The molecule has 2 aromatic rings. The van der Waals surface area contributed by atoms with Crippen LogP contribution in [0.15, 0.2) is 30.5 Å². The van der Waals surface area contributed by atoms with Crippen molar-refractivity contribution in [3.05, 3.63) is 40.6 Å². The van der Waals surface area contributed by atoms with E-state index in [0.717, 1.165) is 0 Å². The molecule has 104 valence electrons. The molecule has 3 rings (SSSR count). The van der Waals surface area contributed by atoms with Crippen molar-refractivity contribution in [2.24, 2.45) is 0 Å². The third-order valence-corrected chi connectivity index (χ3v) is 3.23. The predicted octanol–water partition coefficient (Wildman–Crippen LogP) is 1.80. The largest absolute Gasteiger partial charge is 0.379 e. The van der Waals surface area contributed by atoms with E-state index in [2.05, 4.69) is 10.4 Å².